The molecule has 0 saturated carbocycles. The van der Waals surface area contributed by atoms with Crippen LogP contribution in [0.15, 0.2) is 48.5 Å². The molecule has 0 radical (unpaired) electrons. The van der Waals surface area contributed by atoms with Crippen LogP contribution >= 0.6 is 0 Å². The van der Waals surface area contributed by atoms with Crippen LogP contribution in [-0.4, -0.2) is 33.4 Å². The van der Waals surface area contributed by atoms with E-state index in [-0.39, 0.29) is 0 Å². The summed E-state index contributed by atoms with van der Waals surface area (Å²) in [6.07, 6.45) is 1.07. The Morgan fingerprint density at radius 2 is 1.83 bits per heavy atom. The minimum absolute atomic E-state index is 0.378. The number of nitrogens with zero attached hydrogens (tertiary/aromatic N) is 1. The second-order valence-corrected chi connectivity index (χ2v) is 7.96. The summed E-state index contributed by atoms with van der Waals surface area (Å²) in [5.74, 6) is -0.975. The van der Waals surface area contributed by atoms with Crippen LogP contribution in [0.5, 0.6) is 0 Å². The number of amides is 4. The molecule has 2 heterocycles. The molecule has 30 heavy (non-hydrogen) atoms. The van der Waals surface area contributed by atoms with Gasteiger partial charge in [-0.05, 0) is 62.9 Å². The summed E-state index contributed by atoms with van der Waals surface area (Å²) in [5.41, 5.74) is 5.87. The number of hydrogen-bond acceptors (Lipinski definition) is 3. The lowest BCUT2D eigenvalue weighted by molar-refractivity contribution is -0.132. The summed E-state index contributed by atoms with van der Waals surface area (Å²) in [6.45, 7) is 5.63. The first kappa shape index (κ1) is 19.7. The third-order valence-corrected chi connectivity index (χ3v) is 5.80. The van der Waals surface area contributed by atoms with E-state index in [1.54, 1.807) is 19.1 Å². The Bertz CT molecular complexity index is 1150. The number of hydrogen-bond donors (Lipinski definition) is 3. The number of aromatic nitrogens is 1. The van der Waals surface area contributed by atoms with Crippen molar-refractivity contribution >= 4 is 28.7 Å². The van der Waals surface area contributed by atoms with Crippen LogP contribution in [0, 0.1) is 13.8 Å². The highest BCUT2D eigenvalue weighted by molar-refractivity contribution is 6.09. The Morgan fingerprint density at radius 3 is 2.57 bits per heavy atom. The Morgan fingerprint density at radius 1 is 1.10 bits per heavy atom. The molecule has 4 rings (SSSR count). The zero-order chi connectivity index (χ0) is 21.5. The zero-order valence-corrected chi connectivity index (χ0v) is 17.2. The molecule has 7 heteroatoms. The highest BCUT2D eigenvalue weighted by Gasteiger charge is 2.48. The van der Waals surface area contributed by atoms with Crippen LogP contribution in [0.3, 0.4) is 0 Å². The predicted octanol–water partition coefficient (Wildman–Crippen LogP) is 3.37. The van der Waals surface area contributed by atoms with Gasteiger partial charge < -0.3 is 10.3 Å². The van der Waals surface area contributed by atoms with Gasteiger partial charge in [0.1, 0.15) is 5.54 Å². The lowest BCUT2D eigenvalue weighted by Crippen LogP contribution is -2.48. The number of carbonyl (C=O) groups excluding carboxylic acids is 3. The quantitative estimate of drug-likeness (QED) is 0.569. The Balaban J connectivity index is 1.49. The molecule has 0 spiro atoms. The van der Waals surface area contributed by atoms with Gasteiger partial charge in [-0.1, -0.05) is 30.3 Å². The average Bonchev–Trinajstić information content (AvgIpc) is 3.14. The number of imide groups is 1. The fourth-order valence-electron chi connectivity index (χ4n) is 3.76. The SMILES string of the molecule is Cc1[nH]c2ccc(C(=O)NN3C(=O)N[C@@](C)(CCc4ccccc4)C3=O)cc2c1C. The van der Waals surface area contributed by atoms with Gasteiger partial charge in [-0.2, -0.15) is 5.01 Å². The van der Waals surface area contributed by atoms with E-state index in [0.29, 0.717) is 18.4 Å². The fourth-order valence-corrected chi connectivity index (χ4v) is 3.76. The zero-order valence-electron chi connectivity index (χ0n) is 17.2. The lowest BCUT2D eigenvalue weighted by Gasteiger charge is -2.21. The fraction of sp³-hybridized carbons (Fsp3) is 0.261. The maximum atomic E-state index is 12.9. The van der Waals surface area contributed by atoms with Crippen molar-refractivity contribution in [3.8, 4) is 0 Å². The molecule has 7 nitrogen and oxygen atoms in total. The molecule has 3 aromatic rings. The second-order valence-electron chi connectivity index (χ2n) is 7.96. The van der Waals surface area contributed by atoms with Crippen LogP contribution < -0.4 is 10.7 Å². The smallest absolute Gasteiger partial charge is 0.344 e. The predicted molar refractivity (Wildman–Crippen MR) is 114 cm³/mol. The maximum absolute atomic E-state index is 12.9. The normalized spacial score (nSPS) is 18.7. The maximum Gasteiger partial charge on any atom is 0.344 e. The molecule has 1 atom stereocenters. The number of H-pyrrole nitrogens is 1. The number of benzene rings is 2. The first-order valence-electron chi connectivity index (χ1n) is 9.89. The van der Waals surface area contributed by atoms with Crippen molar-refractivity contribution in [3.05, 3.63) is 70.9 Å². The van der Waals surface area contributed by atoms with Gasteiger partial charge >= 0.3 is 6.03 Å². The largest absolute Gasteiger partial charge is 0.358 e. The van der Waals surface area contributed by atoms with E-state index in [4.69, 9.17) is 0 Å². The second kappa shape index (κ2) is 7.33. The number of urea groups is 1. The van der Waals surface area contributed by atoms with E-state index in [2.05, 4.69) is 15.7 Å². The molecule has 2 aromatic carbocycles. The van der Waals surface area contributed by atoms with Gasteiger partial charge in [0, 0.05) is 22.2 Å². The number of aromatic amines is 1. The van der Waals surface area contributed by atoms with Gasteiger partial charge in [-0.25, -0.2) is 4.79 Å². The Kier molecular flexibility index (Phi) is 4.81. The van der Waals surface area contributed by atoms with Gasteiger partial charge in [-0.15, -0.1) is 0 Å². The molecule has 0 unspecified atom stereocenters. The van der Waals surface area contributed by atoms with E-state index in [1.807, 2.05) is 50.2 Å². The summed E-state index contributed by atoms with van der Waals surface area (Å²) in [7, 11) is 0. The van der Waals surface area contributed by atoms with Crippen molar-refractivity contribution in [2.24, 2.45) is 0 Å². The van der Waals surface area contributed by atoms with E-state index < -0.39 is 23.4 Å². The molecule has 1 saturated heterocycles. The first-order chi connectivity index (χ1) is 14.3. The Labute approximate surface area is 174 Å². The van der Waals surface area contributed by atoms with Gasteiger partial charge in [0.15, 0.2) is 0 Å². The number of fused-ring (bicyclic) bond motifs is 1. The van der Waals surface area contributed by atoms with Gasteiger partial charge in [0.25, 0.3) is 11.8 Å². The molecule has 1 aliphatic rings. The van der Waals surface area contributed by atoms with Crippen molar-refractivity contribution in [3.63, 3.8) is 0 Å². The van der Waals surface area contributed by atoms with Crippen molar-refractivity contribution in [1.82, 2.24) is 20.7 Å². The molecule has 3 N–H and O–H groups in total. The minimum atomic E-state index is -1.07. The third-order valence-electron chi connectivity index (χ3n) is 5.80. The highest BCUT2D eigenvalue weighted by Crippen LogP contribution is 2.24. The van der Waals surface area contributed by atoms with E-state index in [0.717, 1.165) is 32.7 Å². The summed E-state index contributed by atoms with van der Waals surface area (Å²) in [5, 5.41) is 4.44. The number of aryl methyl sites for hydroxylation is 3. The third kappa shape index (κ3) is 3.43. The first-order valence-corrected chi connectivity index (χ1v) is 9.89. The standard InChI is InChI=1S/C23H24N4O3/c1-14-15(2)24-19-10-9-17(13-18(14)19)20(28)26-27-21(29)23(3,25-22(27)30)12-11-16-7-5-4-6-8-16/h4-10,13,24H,11-12H2,1-3H3,(H,25,30)(H,26,28)/t23-/m0/s1. The minimum Gasteiger partial charge on any atom is -0.358 e. The number of carbonyl (C=O) groups is 3. The summed E-state index contributed by atoms with van der Waals surface area (Å²) < 4.78 is 0. The van der Waals surface area contributed by atoms with Crippen LogP contribution in [0.2, 0.25) is 0 Å². The van der Waals surface area contributed by atoms with E-state index in [9.17, 15) is 14.4 Å². The number of rotatable bonds is 5. The molecule has 0 aliphatic carbocycles. The monoisotopic (exact) mass is 404 g/mol. The number of nitrogens with one attached hydrogen (secondary N) is 3. The van der Waals surface area contributed by atoms with Crippen LogP contribution in [0.4, 0.5) is 4.79 Å². The molecule has 1 fully saturated rings. The van der Waals surface area contributed by atoms with E-state index >= 15 is 0 Å². The van der Waals surface area contributed by atoms with Crippen molar-refractivity contribution in [2.75, 3.05) is 0 Å². The Hall–Kier alpha value is -3.61. The topological polar surface area (TPSA) is 94.3 Å². The molecular weight excluding hydrogens is 380 g/mol. The van der Waals surface area contributed by atoms with Gasteiger partial charge in [-0.3, -0.25) is 15.0 Å². The number of hydrazine groups is 1. The summed E-state index contributed by atoms with van der Waals surface area (Å²) >= 11 is 0. The molecular formula is C23H24N4O3. The summed E-state index contributed by atoms with van der Waals surface area (Å²) in [6, 6.07) is 14.4. The lowest BCUT2D eigenvalue weighted by atomic mass is 9.93. The highest BCUT2D eigenvalue weighted by atomic mass is 16.2. The van der Waals surface area contributed by atoms with Gasteiger partial charge in [0.2, 0.25) is 0 Å². The average molecular weight is 404 g/mol. The summed E-state index contributed by atoms with van der Waals surface area (Å²) in [4.78, 5) is 41.3. The van der Waals surface area contributed by atoms with Crippen molar-refractivity contribution in [1.29, 1.82) is 0 Å². The van der Waals surface area contributed by atoms with Crippen LogP contribution in [-0.2, 0) is 11.2 Å². The molecule has 1 aromatic heterocycles. The van der Waals surface area contributed by atoms with E-state index in [1.165, 1.54) is 0 Å². The van der Waals surface area contributed by atoms with Crippen LogP contribution in [0.1, 0.15) is 40.5 Å². The molecule has 0 bridgehead atoms. The molecule has 4 amide bonds. The molecule has 154 valence electrons. The van der Waals surface area contributed by atoms with Gasteiger partial charge in [0.05, 0.1) is 0 Å². The van der Waals surface area contributed by atoms with Crippen molar-refractivity contribution < 1.29 is 14.4 Å². The van der Waals surface area contributed by atoms with Crippen molar-refractivity contribution in [2.45, 2.75) is 39.2 Å². The van der Waals surface area contributed by atoms with Crippen LogP contribution in [0.25, 0.3) is 10.9 Å². The molecule has 1 aliphatic heterocycles.